The summed E-state index contributed by atoms with van der Waals surface area (Å²) < 4.78 is 1.07. The van der Waals surface area contributed by atoms with Crippen LogP contribution in [0.15, 0.2) is 64.1 Å². The van der Waals surface area contributed by atoms with Crippen LogP contribution in [0.1, 0.15) is 30.7 Å². The Bertz CT molecular complexity index is 941. The molecule has 2 nitrogen and oxygen atoms in total. The topological polar surface area (TPSA) is 25.2 Å². The Labute approximate surface area is 144 Å². The highest BCUT2D eigenvalue weighted by atomic mass is 79.9. The minimum absolute atomic E-state index is 0.108. The summed E-state index contributed by atoms with van der Waals surface area (Å²) in [6.45, 7) is 4.36. The van der Waals surface area contributed by atoms with Crippen LogP contribution < -0.4 is 0 Å². The zero-order valence-corrected chi connectivity index (χ0v) is 14.8. The Balaban J connectivity index is 1.94. The first-order chi connectivity index (χ1) is 11.0. The van der Waals surface area contributed by atoms with Gasteiger partial charge < -0.3 is 0 Å². The van der Waals surface area contributed by atoms with Gasteiger partial charge in [-0.2, -0.15) is 0 Å². The summed E-state index contributed by atoms with van der Waals surface area (Å²) in [7, 11) is 0. The largest absolute Gasteiger partial charge is 0.276 e. The summed E-state index contributed by atoms with van der Waals surface area (Å²) >= 11 is 3.58. The predicted octanol–water partition coefficient (Wildman–Crippen LogP) is 5.17. The van der Waals surface area contributed by atoms with Crippen LogP contribution in [0.5, 0.6) is 0 Å². The molecule has 0 aliphatic carbocycles. The first-order valence-electron chi connectivity index (χ1n) is 7.77. The smallest absolute Gasteiger partial charge is 0.0913 e. The molecule has 3 aromatic rings. The molecule has 0 saturated carbocycles. The molecule has 4 rings (SSSR count). The second-order valence-electron chi connectivity index (χ2n) is 6.64. The molecule has 0 saturated heterocycles. The van der Waals surface area contributed by atoms with E-state index in [-0.39, 0.29) is 5.54 Å². The fraction of sp³-hybridized carbons (Fsp3) is 0.200. The van der Waals surface area contributed by atoms with E-state index in [4.69, 9.17) is 9.98 Å². The lowest BCUT2D eigenvalue weighted by Crippen LogP contribution is -2.29. The molecule has 0 bridgehead atoms. The molecule has 0 N–H and O–H groups in total. The summed E-state index contributed by atoms with van der Waals surface area (Å²) in [6, 6.07) is 18.8. The van der Waals surface area contributed by atoms with Crippen LogP contribution in [0.2, 0.25) is 0 Å². The van der Waals surface area contributed by atoms with Gasteiger partial charge in [0.05, 0.1) is 22.5 Å². The summed E-state index contributed by atoms with van der Waals surface area (Å²) in [5.41, 5.74) is 5.34. The van der Waals surface area contributed by atoms with Crippen LogP contribution >= 0.6 is 15.9 Å². The maximum atomic E-state index is 5.01. The van der Waals surface area contributed by atoms with Crippen molar-refractivity contribution in [2.24, 2.45) is 4.99 Å². The second kappa shape index (κ2) is 5.27. The molecule has 2 heterocycles. The maximum absolute atomic E-state index is 5.01. The molecule has 0 unspecified atom stereocenters. The van der Waals surface area contributed by atoms with Gasteiger partial charge in [-0.05, 0) is 50.1 Å². The lowest BCUT2D eigenvalue weighted by Gasteiger charge is -2.29. The van der Waals surface area contributed by atoms with E-state index in [9.17, 15) is 0 Å². The number of benzene rings is 2. The molecule has 23 heavy (non-hydrogen) atoms. The van der Waals surface area contributed by atoms with Crippen molar-refractivity contribution in [1.29, 1.82) is 0 Å². The number of hydrogen-bond donors (Lipinski definition) is 0. The number of halogens is 1. The van der Waals surface area contributed by atoms with Gasteiger partial charge in [0.2, 0.25) is 0 Å². The monoisotopic (exact) mass is 364 g/mol. The molecule has 1 aromatic heterocycles. The highest BCUT2D eigenvalue weighted by molar-refractivity contribution is 9.10. The average molecular weight is 365 g/mol. The van der Waals surface area contributed by atoms with Crippen LogP contribution in [0.4, 0.5) is 0 Å². The summed E-state index contributed by atoms with van der Waals surface area (Å²) in [4.78, 5) is 9.85. The number of aliphatic imine (C=N–C) groups is 1. The van der Waals surface area contributed by atoms with Crippen molar-refractivity contribution in [3.8, 4) is 0 Å². The lowest BCUT2D eigenvalue weighted by molar-refractivity contribution is 0.513. The molecular weight excluding hydrogens is 348 g/mol. The Morgan fingerprint density at radius 2 is 1.83 bits per heavy atom. The van der Waals surface area contributed by atoms with E-state index < -0.39 is 0 Å². The van der Waals surface area contributed by atoms with Gasteiger partial charge in [0.15, 0.2) is 0 Å². The Morgan fingerprint density at radius 3 is 2.70 bits per heavy atom. The van der Waals surface area contributed by atoms with Crippen molar-refractivity contribution in [3.63, 3.8) is 0 Å². The first kappa shape index (κ1) is 14.6. The molecule has 0 spiro atoms. The van der Waals surface area contributed by atoms with Crippen molar-refractivity contribution < 1.29 is 0 Å². The van der Waals surface area contributed by atoms with Gasteiger partial charge in [-0.15, -0.1) is 0 Å². The number of aromatic nitrogens is 1. The van der Waals surface area contributed by atoms with Crippen molar-refractivity contribution in [1.82, 2.24) is 4.98 Å². The van der Waals surface area contributed by atoms with Crippen molar-refractivity contribution in [3.05, 3.63) is 75.9 Å². The van der Waals surface area contributed by atoms with E-state index in [1.807, 2.05) is 12.1 Å². The van der Waals surface area contributed by atoms with Gasteiger partial charge in [0.25, 0.3) is 0 Å². The van der Waals surface area contributed by atoms with Crippen LogP contribution in [-0.4, -0.2) is 16.2 Å². The summed E-state index contributed by atoms with van der Waals surface area (Å²) in [5, 5.41) is 1.15. The summed E-state index contributed by atoms with van der Waals surface area (Å²) in [5.74, 6) is 0. The molecule has 114 valence electrons. The Hall–Kier alpha value is -2.00. The highest BCUT2D eigenvalue weighted by Gasteiger charge is 2.28. The van der Waals surface area contributed by atoms with E-state index in [0.29, 0.717) is 0 Å². The van der Waals surface area contributed by atoms with Crippen molar-refractivity contribution in [2.45, 2.75) is 25.8 Å². The fourth-order valence-corrected chi connectivity index (χ4v) is 3.55. The van der Waals surface area contributed by atoms with Crippen LogP contribution in [0, 0.1) is 0 Å². The quantitative estimate of drug-likeness (QED) is 0.584. The zero-order chi connectivity index (χ0) is 16.0. The number of rotatable bonds is 1. The molecule has 0 fully saturated rings. The lowest BCUT2D eigenvalue weighted by atomic mass is 9.86. The maximum Gasteiger partial charge on any atom is 0.0913 e. The standard InChI is InChI=1S/C20H17BrN2/c1-20(2)12-14-7-9-15(21)11-16(14)19(23-20)18-10-8-13-5-3-4-6-17(13)22-18/h3-11H,12H2,1-2H3. The molecule has 3 heteroatoms. The SMILES string of the molecule is CC1(C)Cc2ccc(Br)cc2C(c2ccc3ccccc3n2)=N1. The van der Waals surface area contributed by atoms with Gasteiger partial charge in [-0.25, -0.2) is 4.98 Å². The molecule has 0 radical (unpaired) electrons. The van der Waals surface area contributed by atoms with E-state index in [1.54, 1.807) is 0 Å². The molecular formula is C20H17BrN2. The van der Waals surface area contributed by atoms with Crippen LogP contribution in [0.25, 0.3) is 10.9 Å². The van der Waals surface area contributed by atoms with E-state index in [2.05, 4.69) is 72.2 Å². The van der Waals surface area contributed by atoms with Crippen LogP contribution in [0.3, 0.4) is 0 Å². The van der Waals surface area contributed by atoms with Gasteiger partial charge in [0.1, 0.15) is 0 Å². The molecule has 0 atom stereocenters. The van der Waals surface area contributed by atoms with E-state index in [0.717, 1.165) is 33.2 Å². The number of nitrogens with zero attached hydrogens (tertiary/aromatic N) is 2. The van der Waals surface area contributed by atoms with Crippen molar-refractivity contribution in [2.75, 3.05) is 0 Å². The normalized spacial score (nSPS) is 16.0. The second-order valence-corrected chi connectivity index (χ2v) is 7.56. The van der Waals surface area contributed by atoms with Crippen LogP contribution in [-0.2, 0) is 6.42 Å². The third-order valence-corrected chi connectivity index (χ3v) is 4.70. The summed E-state index contributed by atoms with van der Waals surface area (Å²) in [6.07, 6.45) is 0.951. The molecule has 1 aliphatic rings. The third kappa shape index (κ3) is 2.70. The van der Waals surface area contributed by atoms with Crippen molar-refractivity contribution >= 4 is 32.5 Å². The molecule has 2 aromatic carbocycles. The molecule has 1 aliphatic heterocycles. The fourth-order valence-electron chi connectivity index (χ4n) is 3.18. The number of para-hydroxylation sites is 1. The third-order valence-electron chi connectivity index (χ3n) is 4.21. The van der Waals surface area contributed by atoms with E-state index in [1.165, 1.54) is 11.1 Å². The Morgan fingerprint density at radius 1 is 1.00 bits per heavy atom. The predicted molar refractivity (Wildman–Crippen MR) is 99.3 cm³/mol. The zero-order valence-electron chi connectivity index (χ0n) is 13.2. The van der Waals surface area contributed by atoms with E-state index >= 15 is 0 Å². The van der Waals surface area contributed by atoms with Gasteiger partial charge in [-0.3, -0.25) is 4.99 Å². The first-order valence-corrected chi connectivity index (χ1v) is 8.56. The number of pyridine rings is 1. The highest BCUT2D eigenvalue weighted by Crippen LogP contribution is 2.31. The molecule has 0 amide bonds. The Kier molecular flexibility index (Phi) is 3.34. The van der Waals surface area contributed by atoms with Gasteiger partial charge in [0, 0.05) is 15.4 Å². The number of hydrogen-bond acceptors (Lipinski definition) is 2. The number of fused-ring (bicyclic) bond motifs is 2. The minimum Gasteiger partial charge on any atom is -0.276 e. The average Bonchev–Trinajstić information content (AvgIpc) is 2.53. The minimum atomic E-state index is -0.108. The van der Waals surface area contributed by atoms with Gasteiger partial charge in [-0.1, -0.05) is 46.3 Å². The van der Waals surface area contributed by atoms with Gasteiger partial charge >= 0.3 is 0 Å².